The predicted octanol–water partition coefficient (Wildman–Crippen LogP) is 6.82. The molecule has 4 rings (SSSR count). The summed E-state index contributed by atoms with van der Waals surface area (Å²) in [6, 6.07) is 33.6. The monoisotopic (exact) mass is 954 g/mol. The lowest BCUT2D eigenvalue weighted by Crippen LogP contribution is -2.54. The van der Waals surface area contributed by atoms with Crippen molar-refractivity contribution in [3.63, 3.8) is 0 Å². The maximum Gasteiger partial charge on any atom is 0.246 e. The Hall–Kier alpha value is -5.88. The number of aryl methyl sites for hydroxylation is 1. The fraction of sp³-hybridized carbons (Fsp3) is 0.481. The van der Waals surface area contributed by atoms with Crippen molar-refractivity contribution in [3.8, 4) is 5.75 Å². The van der Waals surface area contributed by atoms with Gasteiger partial charge in [0.15, 0.2) is 0 Å². The average Bonchev–Trinajstić information content (AvgIpc) is 3.36. The van der Waals surface area contributed by atoms with Crippen molar-refractivity contribution < 1.29 is 47.9 Å². The van der Waals surface area contributed by atoms with Gasteiger partial charge in [-0.1, -0.05) is 109 Å². The number of nitrogens with one attached hydrogen (secondary N) is 4. The first-order chi connectivity index (χ1) is 33.6. The van der Waals surface area contributed by atoms with Crippen molar-refractivity contribution in [1.82, 2.24) is 16.0 Å². The van der Waals surface area contributed by atoms with Crippen LogP contribution in [0.25, 0.3) is 10.4 Å². The third-order valence-corrected chi connectivity index (χ3v) is 11.0. The molecule has 0 aliphatic rings. The van der Waals surface area contributed by atoms with Gasteiger partial charge in [-0.2, -0.15) is 0 Å². The minimum atomic E-state index is -0.914. The van der Waals surface area contributed by atoms with E-state index in [9.17, 15) is 19.5 Å². The van der Waals surface area contributed by atoms with Crippen molar-refractivity contribution in [2.24, 2.45) is 11.0 Å². The first-order valence-electron chi connectivity index (χ1n) is 23.7. The number of ether oxygens (including phenoxy) is 6. The second-order valence-corrected chi connectivity index (χ2v) is 16.5. The number of aromatic hydroxyl groups is 1. The molecule has 17 nitrogen and oxygen atoms in total. The molecule has 2 unspecified atom stereocenters. The summed E-state index contributed by atoms with van der Waals surface area (Å²) in [5.74, 6) is -1.45. The molecule has 4 aromatic rings. The number of amides is 3. The number of benzene rings is 4. The first kappa shape index (κ1) is 55.7. The van der Waals surface area contributed by atoms with E-state index in [1.165, 1.54) is 12.1 Å². The molecule has 5 N–H and O–H groups in total. The highest BCUT2D eigenvalue weighted by molar-refractivity contribution is 5.98. The fourth-order valence-electron chi connectivity index (χ4n) is 7.34. The van der Waals surface area contributed by atoms with Crippen LogP contribution in [0.15, 0.2) is 114 Å². The predicted molar refractivity (Wildman–Crippen MR) is 265 cm³/mol. The van der Waals surface area contributed by atoms with Gasteiger partial charge in [0.25, 0.3) is 0 Å². The molecule has 0 heterocycles. The minimum Gasteiger partial charge on any atom is -0.508 e. The van der Waals surface area contributed by atoms with Gasteiger partial charge in [-0.25, -0.2) is 0 Å². The van der Waals surface area contributed by atoms with E-state index in [1.807, 2.05) is 50.2 Å². The highest BCUT2D eigenvalue weighted by atomic mass is 16.6. The van der Waals surface area contributed by atoms with Gasteiger partial charge in [0.2, 0.25) is 17.7 Å². The third-order valence-electron chi connectivity index (χ3n) is 11.0. The standard InChI is InChI=1S/C52H71N7O10/c1-40(2)49(58-48(61)25-28-64-30-32-66-34-36-68-38-39-69-37-35-67-33-31-65-29-27-55-59-53)51(63)57-47(50(62)56-45-21-23-46(60)24-22-45)16-10-11-26-54-52(42-12-6-4-7-13-42,43-14-8-5-9-15-43)44-19-17-41(3)18-20-44/h4-9,12-15,17-24,40,47,49,54,60H,10-11,16,25-39H2,1-3H3,(H,56,62)(H,57,63)(H,58,61). The molecule has 0 aliphatic carbocycles. The van der Waals surface area contributed by atoms with Crippen LogP contribution in [0.5, 0.6) is 5.75 Å². The van der Waals surface area contributed by atoms with Gasteiger partial charge in [0, 0.05) is 23.6 Å². The summed E-state index contributed by atoms with van der Waals surface area (Å²) in [7, 11) is 0. The summed E-state index contributed by atoms with van der Waals surface area (Å²) >= 11 is 0. The normalized spacial score (nSPS) is 12.2. The molecule has 17 heteroatoms. The highest BCUT2D eigenvalue weighted by Crippen LogP contribution is 2.37. The van der Waals surface area contributed by atoms with Gasteiger partial charge in [0.1, 0.15) is 17.8 Å². The van der Waals surface area contributed by atoms with Crippen LogP contribution in [0.1, 0.15) is 61.8 Å². The molecule has 2 atom stereocenters. The second kappa shape index (κ2) is 32.8. The van der Waals surface area contributed by atoms with Crippen LogP contribution in [-0.4, -0.2) is 127 Å². The molecule has 374 valence electrons. The van der Waals surface area contributed by atoms with E-state index in [4.69, 9.17) is 34.0 Å². The Morgan fingerprint density at radius 3 is 1.62 bits per heavy atom. The SMILES string of the molecule is Cc1ccc(C(NCCCCC(NC(=O)C(NC(=O)CCOCCOCCOCCOCCOCCOCCN=[N+]=[N-])C(C)C)C(=O)Nc2ccc(O)cc2)(c2ccccc2)c2ccccc2)cc1. The van der Waals surface area contributed by atoms with E-state index < -0.39 is 29.4 Å². The maximum absolute atomic E-state index is 13.9. The Balaban J connectivity index is 1.21. The Kier molecular flexibility index (Phi) is 26.5. The van der Waals surface area contributed by atoms with E-state index in [0.717, 1.165) is 22.3 Å². The number of unbranched alkanes of at least 4 members (excludes halogenated alkanes) is 1. The van der Waals surface area contributed by atoms with Gasteiger partial charge in [-0.05, 0) is 85.1 Å². The zero-order valence-corrected chi connectivity index (χ0v) is 40.3. The molecule has 0 fully saturated rings. The fourth-order valence-corrected chi connectivity index (χ4v) is 7.34. The molecular weight excluding hydrogens is 883 g/mol. The lowest BCUT2D eigenvalue weighted by molar-refractivity contribution is -0.132. The zero-order valence-electron chi connectivity index (χ0n) is 40.3. The van der Waals surface area contributed by atoms with Crippen LogP contribution in [0.4, 0.5) is 5.69 Å². The van der Waals surface area contributed by atoms with Crippen LogP contribution in [0.3, 0.4) is 0 Å². The van der Waals surface area contributed by atoms with Crippen molar-refractivity contribution in [2.75, 3.05) is 97.7 Å². The molecule has 0 spiro atoms. The van der Waals surface area contributed by atoms with E-state index >= 15 is 0 Å². The van der Waals surface area contributed by atoms with Gasteiger partial charge >= 0.3 is 0 Å². The van der Waals surface area contributed by atoms with Crippen LogP contribution in [-0.2, 0) is 48.3 Å². The number of anilines is 1. The van der Waals surface area contributed by atoms with Crippen LogP contribution >= 0.6 is 0 Å². The van der Waals surface area contributed by atoms with Crippen molar-refractivity contribution in [1.29, 1.82) is 0 Å². The molecule has 0 bridgehead atoms. The number of phenols is 1. The summed E-state index contributed by atoms with van der Waals surface area (Å²) < 4.78 is 32.8. The van der Waals surface area contributed by atoms with Crippen LogP contribution in [0, 0.1) is 12.8 Å². The van der Waals surface area contributed by atoms with E-state index in [2.05, 4.69) is 86.7 Å². The Morgan fingerprint density at radius 2 is 1.12 bits per heavy atom. The average molecular weight is 954 g/mol. The number of hydrogen-bond donors (Lipinski definition) is 5. The van der Waals surface area contributed by atoms with Gasteiger partial charge in [-0.15, -0.1) is 0 Å². The molecule has 0 saturated carbocycles. The van der Waals surface area contributed by atoms with E-state index in [-0.39, 0.29) is 37.2 Å². The highest BCUT2D eigenvalue weighted by Gasteiger charge is 2.36. The number of carbonyl (C=O) groups excluding carboxylic acids is 3. The molecule has 0 aliphatic heterocycles. The molecule has 69 heavy (non-hydrogen) atoms. The Morgan fingerprint density at radius 1 is 0.623 bits per heavy atom. The topological polar surface area (TPSA) is 224 Å². The van der Waals surface area contributed by atoms with Gasteiger partial charge in [0.05, 0.1) is 84.8 Å². The number of hydrogen-bond acceptors (Lipinski definition) is 12. The molecule has 0 radical (unpaired) electrons. The van der Waals surface area contributed by atoms with Crippen molar-refractivity contribution >= 4 is 23.4 Å². The van der Waals surface area contributed by atoms with Crippen molar-refractivity contribution in [3.05, 3.63) is 142 Å². The number of azide groups is 1. The van der Waals surface area contributed by atoms with Gasteiger partial charge in [-0.3, -0.25) is 19.7 Å². The van der Waals surface area contributed by atoms with Crippen LogP contribution < -0.4 is 21.3 Å². The molecule has 0 aromatic heterocycles. The second-order valence-electron chi connectivity index (χ2n) is 16.5. The van der Waals surface area contributed by atoms with E-state index in [1.54, 1.807) is 12.1 Å². The van der Waals surface area contributed by atoms with Crippen molar-refractivity contribution in [2.45, 2.75) is 64.1 Å². The zero-order chi connectivity index (χ0) is 49.4. The van der Waals surface area contributed by atoms with Crippen LogP contribution in [0.2, 0.25) is 0 Å². The lowest BCUT2D eigenvalue weighted by Gasteiger charge is -2.37. The summed E-state index contributed by atoms with van der Waals surface area (Å²) in [4.78, 5) is 43.4. The minimum absolute atomic E-state index is 0.0328. The molecule has 4 aromatic carbocycles. The summed E-state index contributed by atoms with van der Waals surface area (Å²) in [5, 5.41) is 25.7. The summed E-state index contributed by atoms with van der Waals surface area (Å²) in [6.07, 6.45) is 1.64. The molecule has 0 saturated heterocycles. The largest absolute Gasteiger partial charge is 0.508 e. The quantitative estimate of drug-likeness (QED) is 0.00795. The van der Waals surface area contributed by atoms with Gasteiger partial charge < -0.3 is 49.5 Å². The molecular formula is C52H71N7O10. The first-order valence-corrected chi connectivity index (χ1v) is 23.7. The number of phenolic OH excluding ortho intramolecular Hbond substituents is 1. The summed E-state index contributed by atoms with van der Waals surface area (Å²) in [5.41, 5.74) is 12.5. The molecule has 3 amide bonds. The maximum atomic E-state index is 13.9. The smallest absolute Gasteiger partial charge is 0.246 e. The third kappa shape index (κ3) is 20.7. The van der Waals surface area contributed by atoms with E-state index in [0.29, 0.717) is 104 Å². The Bertz CT molecular complexity index is 2050. The number of rotatable bonds is 36. The Labute approximate surface area is 406 Å². The number of nitrogens with zero attached hydrogens (tertiary/aromatic N) is 3. The number of carbonyl (C=O) groups is 3. The summed E-state index contributed by atoms with van der Waals surface area (Å²) in [6.45, 7) is 11.1. The lowest BCUT2D eigenvalue weighted by atomic mass is 9.76.